The van der Waals surface area contributed by atoms with Crippen LogP contribution in [0.4, 0.5) is 5.69 Å². The van der Waals surface area contributed by atoms with E-state index in [1.165, 1.54) is 6.92 Å². The van der Waals surface area contributed by atoms with Crippen molar-refractivity contribution in [2.75, 3.05) is 5.32 Å². The van der Waals surface area contributed by atoms with Gasteiger partial charge in [0.15, 0.2) is 0 Å². The first-order valence-corrected chi connectivity index (χ1v) is 5.03. The van der Waals surface area contributed by atoms with E-state index < -0.39 is 0 Å². The molecule has 0 bridgehead atoms. The van der Waals surface area contributed by atoms with Gasteiger partial charge in [-0.15, -0.1) is 0 Å². The molecule has 0 spiro atoms. The van der Waals surface area contributed by atoms with Gasteiger partial charge in [-0.3, -0.25) is 4.79 Å². The number of carbonyl (C=O) groups excluding carboxylic acids is 1. The predicted octanol–water partition coefficient (Wildman–Crippen LogP) is 2.33. The van der Waals surface area contributed by atoms with Crippen molar-refractivity contribution in [1.82, 2.24) is 0 Å². The molecule has 0 aromatic heterocycles. The first kappa shape index (κ1) is 12.1. The summed E-state index contributed by atoms with van der Waals surface area (Å²) in [6, 6.07) is 9.19. The molecule has 84 valence electrons. The van der Waals surface area contributed by atoms with E-state index >= 15 is 0 Å². The van der Waals surface area contributed by atoms with Crippen molar-refractivity contribution in [3.05, 3.63) is 24.3 Å². The highest BCUT2D eigenvalue weighted by molar-refractivity contribution is 5.90. The van der Waals surface area contributed by atoms with E-state index in [1.54, 1.807) is 12.1 Å². The normalized spacial score (nSPS) is 11.3. The molecule has 0 heterocycles. The van der Waals surface area contributed by atoms with Crippen LogP contribution in [0.15, 0.2) is 24.3 Å². The summed E-state index contributed by atoms with van der Waals surface area (Å²) in [5, 5.41) is 11.2. The first-order valence-electron chi connectivity index (χ1n) is 5.03. The number of nitrogens with one attached hydrogen (secondary N) is 1. The average Bonchev–Trinajstić information content (AvgIpc) is 2.20. The van der Waals surface area contributed by atoms with Gasteiger partial charge in [-0.05, 0) is 19.1 Å². The van der Waals surface area contributed by atoms with Crippen molar-refractivity contribution < 1.29 is 9.53 Å². The maximum atomic E-state index is 11.0. The fraction of sp³-hybridized carbons (Fsp3) is 0.333. The molecule has 1 amide bonds. The summed E-state index contributed by atoms with van der Waals surface area (Å²) in [6.45, 7) is 3.25. The van der Waals surface area contributed by atoms with Gasteiger partial charge in [0.1, 0.15) is 11.9 Å². The quantitative estimate of drug-likeness (QED) is 0.843. The third-order valence-corrected chi connectivity index (χ3v) is 1.90. The highest BCUT2D eigenvalue weighted by atomic mass is 16.5. The van der Waals surface area contributed by atoms with E-state index in [0.29, 0.717) is 17.9 Å². The molecule has 4 heteroatoms. The van der Waals surface area contributed by atoms with Gasteiger partial charge in [0.2, 0.25) is 5.91 Å². The van der Waals surface area contributed by atoms with E-state index in [0.717, 1.165) is 0 Å². The Kier molecular flexibility index (Phi) is 4.34. The minimum absolute atomic E-state index is 0.149. The predicted molar refractivity (Wildman–Crippen MR) is 61.1 cm³/mol. The standard InChI is InChI=1S/C12H14N2O2/c1-9(7-8-13)16-12-6-4-3-5-11(12)14-10(2)15/h3-6,9H,7H2,1-2H3,(H,14,15). The Morgan fingerprint density at radius 3 is 2.88 bits per heavy atom. The van der Waals surface area contributed by atoms with Crippen molar-refractivity contribution in [2.24, 2.45) is 0 Å². The number of benzene rings is 1. The molecule has 0 saturated heterocycles. The molecule has 0 fully saturated rings. The van der Waals surface area contributed by atoms with E-state index in [1.807, 2.05) is 25.1 Å². The van der Waals surface area contributed by atoms with Gasteiger partial charge >= 0.3 is 0 Å². The van der Waals surface area contributed by atoms with E-state index in [4.69, 9.17) is 10.00 Å². The summed E-state index contributed by atoms with van der Waals surface area (Å²) in [5.41, 5.74) is 0.625. The zero-order valence-corrected chi connectivity index (χ0v) is 9.36. The SMILES string of the molecule is CC(=O)Nc1ccccc1OC(C)CC#N. The Hall–Kier alpha value is -2.02. The van der Waals surface area contributed by atoms with Crippen molar-refractivity contribution in [1.29, 1.82) is 5.26 Å². The molecule has 0 radical (unpaired) electrons. The lowest BCUT2D eigenvalue weighted by molar-refractivity contribution is -0.114. The lowest BCUT2D eigenvalue weighted by Crippen LogP contribution is -2.13. The van der Waals surface area contributed by atoms with Crippen molar-refractivity contribution >= 4 is 11.6 Å². The number of ether oxygens (including phenoxy) is 1. The zero-order chi connectivity index (χ0) is 12.0. The molecule has 0 aliphatic heterocycles. The van der Waals surface area contributed by atoms with Crippen LogP contribution in [0.1, 0.15) is 20.3 Å². The molecule has 16 heavy (non-hydrogen) atoms. The lowest BCUT2D eigenvalue weighted by atomic mass is 10.2. The number of hydrogen-bond acceptors (Lipinski definition) is 3. The molecule has 1 aromatic carbocycles. The molecular weight excluding hydrogens is 204 g/mol. The number of rotatable bonds is 4. The Bertz CT molecular complexity index is 410. The molecular formula is C12H14N2O2. The highest BCUT2D eigenvalue weighted by Crippen LogP contribution is 2.25. The summed E-state index contributed by atoms with van der Waals surface area (Å²) >= 11 is 0. The summed E-state index contributed by atoms with van der Waals surface area (Å²) in [6.07, 6.45) is 0.119. The Balaban J connectivity index is 2.78. The molecule has 0 aliphatic rings. The largest absolute Gasteiger partial charge is 0.487 e. The van der Waals surface area contributed by atoms with E-state index in [-0.39, 0.29) is 12.0 Å². The van der Waals surface area contributed by atoms with Crippen LogP contribution in [0.25, 0.3) is 0 Å². The molecule has 0 saturated carbocycles. The second kappa shape index (κ2) is 5.76. The third-order valence-electron chi connectivity index (χ3n) is 1.90. The maximum Gasteiger partial charge on any atom is 0.221 e. The number of carbonyl (C=O) groups is 1. The number of nitrogens with zero attached hydrogens (tertiary/aromatic N) is 1. The molecule has 1 atom stereocenters. The molecule has 0 aliphatic carbocycles. The number of amides is 1. The summed E-state index contributed by atoms with van der Waals surface area (Å²) < 4.78 is 5.55. The third kappa shape index (κ3) is 3.62. The lowest BCUT2D eigenvalue weighted by Gasteiger charge is -2.15. The maximum absolute atomic E-state index is 11.0. The fourth-order valence-corrected chi connectivity index (χ4v) is 1.25. The second-order valence-electron chi connectivity index (χ2n) is 3.47. The van der Waals surface area contributed by atoms with Crippen molar-refractivity contribution in [3.8, 4) is 11.8 Å². The van der Waals surface area contributed by atoms with Crippen LogP contribution in [-0.2, 0) is 4.79 Å². The smallest absolute Gasteiger partial charge is 0.221 e. The Labute approximate surface area is 94.8 Å². The van der Waals surface area contributed by atoms with Crippen LogP contribution < -0.4 is 10.1 Å². The topological polar surface area (TPSA) is 62.1 Å². The van der Waals surface area contributed by atoms with Crippen molar-refractivity contribution in [2.45, 2.75) is 26.4 Å². The number of anilines is 1. The number of nitriles is 1. The molecule has 1 N–H and O–H groups in total. The molecule has 1 rings (SSSR count). The van der Waals surface area contributed by atoms with Gasteiger partial charge in [-0.2, -0.15) is 5.26 Å². The molecule has 4 nitrogen and oxygen atoms in total. The highest BCUT2D eigenvalue weighted by Gasteiger charge is 2.08. The molecule has 1 unspecified atom stereocenters. The van der Waals surface area contributed by atoms with Crippen molar-refractivity contribution in [3.63, 3.8) is 0 Å². The molecule has 1 aromatic rings. The van der Waals surface area contributed by atoms with Crippen LogP contribution in [0, 0.1) is 11.3 Å². The van der Waals surface area contributed by atoms with Gasteiger partial charge in [-0.1, -0.05) is 12.1 Å². The minimum atomic E-state index is -0.195. The van der Waals surface area contributed by atoms with Crippen LogP contribution >= 0.6 is 0 Å². The minimum Gasteiger partial charge on any atom is -0.487 e. The average molecular weight is 218 g/mol. The number of para-hydroxylation sites is 2. The van der Waals surface area contributed by atoms with Gasteiger partial charge in [0, 0.05) is 6.92 Å². The summed E-state index contributed by atoms with van der Waals surface area (Å²) in [7, 11) is 0. The monoisotopic (exact) mass is 218 g/mol. The zero-order valence-electron chi connectivity index (χ0n) is 9.36. The van der Waals surface area contributed by atoms with Gasteiger partial charge in [-0.25, -0.2) is 0 Å². The van der Waals surface area contributed by atoms with Gasteiger partial charge < -0.3 is 10.1 Å². The van der Waals surface area contributed by atoms with Gasteiger partial charge in [0.05, 0.1) is 18.2 Å². The Morgan fingerprint density at radius 1 is 1.56 bits per heavy atom. The summed E-state index contributed by atoms with van der Waals surface area (Å²) in [5.74, 6) is 0.435. The van der Waals surface area contributed by atoms with Crippen LogP contribution in [-0.4, -0.2) is 12.0 Å². The summed E-state index contributed by atoms with van der Waals surface area (Å²) in [4.78, 5) is 11.0. The van der Waals surface area contributed by atoms with E-state index in [9.17, 15) is 4.79 Å². The number of hydrogen-bond donors (Lipinski definition) is 1. The van der Waals surface area contributed by atoms with Crippen LogP contribution in [0.3, 0.4) is 0 Å². The van der Waals surface area contributed by atoms with Crippen LogP contribution in [0.5, 0.6) is 5.75 Å². The van der Waals surface area contributed by atoms with Gasteiger partial charge in [0.25, 0.3) is 0 Å². The fourth-order valence-electron chi connectivity index (χ4n) is 1.25. The first-order chi connectivity index (χ1) is 7.63. The second-order valence-corrected chi connectivity index (χ2v) is 3.47. The van der Waals surface area contributed by atoms with E-state index in [2.05, 4.69) is 5.32 Å². The Morgan fingerprint density at radius 2 is 2.25 bits per heavy atom. The van der Waals surface area contributed by atoms with Crippen LogP contribution in [0.2, 0.25) is 0 Å².